The number of halogens is 1. The van der Waals surface area contributed by atoms with E-state index in [9.17, 15) is 9.18 Å². The molecule has 0 fully saturated rings. The molecule has 1 heterocycles. The van der Waals surface area contributed by atoms with Gasteiger partial charge in [-0.3, -0.25) is 0 Å². The molecule has 0 spiro atoms. The smallest absolute Gasteiger partial charge is 0.356 e. The minimum Gasteiger partial charge on any atom is -0.476 e. The Kier molecular flexibility index (Phi) is 3.71. The number of rotatable bonds is 3. The fraction of sp³-hybridized carbons (Fsp3) is 0.0769. The van der Waals surface area contributed by atoms with Gasteiger partial charge >= 0.3 is 5.97 Å². The van der Waals surface area contributed by atoms with Crippen LogP contribution in [-0.2, 0) is 0 Å². The number of benzene rings is 1. The van der Waals surface area contributed by atoms with Crippen LogP contribution in [0.4, 0.5) is 10.1 Å². The molecule has 0 aliphatic heterocycles. The van der Waals surface area contributed by atoms with Crippen molar-refractivity contribution in [1.29, 1.82) is 0 Å². The fourth-order valence-electron chi connectivity index (χ4n) is 1.51. The Balaban J connectivity index is 2.29. The first-order valence-corrected chi connectivity index (χ1v) is 6.22. The lowest BCUT2D eigenvalue weighted by molar-refractivity contribution is 0.0691. The van der Waals surface area contributed by atoms with E-state index in [4.69, 9.17) is 10.8 Å². The Bertz CT molecular complexity index is 647. The Morgan fingerprint density at radius 2 is 2.16 bits per heavy atom. The highest BCUT2D eigenvalue weighted by Gasteiger charge is 2.11. The topological polar surface area (TPSA) is 76.2 Å². The molecule has 98 valence electrons. The summed E-state index contributed by atoms with van der Waals surface area (Å²) < 4.78 is 13.7. The molecule has 0 saturated heterocycles. The third-order valence-corrected chi connectivity index (χ3v) is 3.42. The van der Waals surface area contributed by atoms with E-state index in [1.54, 1.807) is 19.1 Å². The van der Waals surface area contributed by atoms with Crippen molar-refractivity contribution in [3.63, 3.8) is 0 Å². The molecule has 0 radical (unpaired) electrons. The standard InChI is InChI=1S/C13H11FN2O2S/c1-7-2-3-11(9(14)4-7)19-8-5-10(15)12(13(17)18)16-6-8/h2-6H,15H2,1H3,(H,17,18). The highest BCUT2D eigenvalue weighted by atomic mass is 32.2. The van der Waals surface area contributed by atoms with Gasteiger partial charge in [0, 0.05) is 16.0 Å². The summed E-state index contributed by atoms with van der Waals surface area (Å²) in [5.41, 5.74) is 6.28. The molecule has 2 aromatic rings. The molecule has 0 saturated carbocycles. The van der Waals surface area contributed by atoms with E-state index in [0.717, 1.165) is 17.3 Å². The normalized spacial score (nSPS) is 10.4. The number of hydrogen-bond acceptors (Lipinski definition) is 4. The van der Waals surface area contributed by atoms with Gasteiger partial charge in [0.25, 0.3) is 0 Å². The van der Waals surface area contributed by atoms with Crippen LogP contribution in [-0.4, -0.2) is 16.1 Å². The van der Waals surface area contributed by atoms with Crippen molar-refractivity contribution in [2.75, 3.05) is 5.73 Å². The number of pyridine rings is 1. The number of carboxylic acid groups (broad SMARTS) is 1. The van der Waals surface area contributed by atoms with Gasteiger partial charge in [-0.2, -0.15) is 0 Å². The average molecular weight is 278 g/mol. The summed E-state index contributed by atoms with van der Waals surface area (Å²) in [5, 5.41) is 8.81. The van der Waals surface area contributed by atoms with Crippen LogP contribution in [0.2, 0.25) is 0 Å². The molecule has 4 nitrogen and oxygen atoms in total. The molecule has 1 aromatic heterocycles. The van der Waals surface area contributed by atoms with Crippen molar-refractivity contribution in [2.24, 2.45) is 0 Å². The quantitative estimate of drug-likeness (QED) is 0.902. The summed E-state index contributed by atoms with van der Waals surface area (Å²) in [6.07, 6.45) is 1.36. The second-order valence-electron chi connectivity index (χ2n) is 3.95. The van der Waals surface area contributed by atoms with E-state index >= 15 is 0 Å². The van der Waals surface area contributed by atoms with E-state index in [-0.39, 0.29) is 17.2 Å². The highest BCUT2D eigenvalue weighted by molar-refractivity contribution is 7.99. The zero-order chi connectivity index (χ0) is 14.0. The first-order chi connectivity index (χ1) is 8.97. The van der Waals surface area contributed by atoms with Crippen LogP contribution >= 0.6 is 11.8 Å². The summed E-state index contributed by atoms with van der Waals surface area (Å²) in [6.45, 7) is 1.80. The summed E-state index contributed by atoms with van der Waals surface area (Å²) in [7, 11) is 0. The van der Waals surface area contributed by atoms with Gasteiger partial charge in [-0.15, -0.1) is 0 Å². The van der Waals surface area contributed by atoms with Gasteiger partial charge in [-0.1, -0.05) is 17.8 Å². The Morgan fingerprint density at radius 3 is 2.74 bits per heavy atom. The van der Waals surface area contributed by atoms with Crippen molar-refractivity contribution in [3.8, 4) is 0 Å². The van der Waals surface area contributed by atoms with Crippen molar-refractivity contribution in [2.45, 2.75) is 16.7 Å². The molecule has 0 aliphatic carbocycles. The number of nitrogens with two attached hydrogens (primary N) is 1. The molecule has 0 bridgehead atoms. The first-order valence-electron chi connectivity index (χ1n) is 5.40. The molecule has 2 rings (SSSR count). The highest BCUT2D eigenvalue weighted by Crippen LogP contribution is 2.31. The van der Waals surface area contributed by atoms with Crippen LogP contribution < -0.4 is 5.73 Å². The molecule has 0 unspecified atom stereocenters. The van der Waals surface area contributed by atoms with Crippen LogP contribution in [0.3, 0.4) is 0 Å². The summed E-state index contributed by atoms with van der Waals surface area (Å²) in [4.78, 5) is 15.6. The van der Waals surface area contributed by atoms with Crippen LogP contribution in [0.5, 0.6) is 0 Å². The van der Waals surface area contributed by atoms with Gasteiger partial charge < -0.3 is 10.8 Å². The number of aromatic nitrogens is 1. The first kappa shape index (κ1) is 13.4. The Hall–Kier alpha value is -2.08. The monoisotopic (exact) mass is 278 g/mol. The maximum absolute atomic E-state index is 13.7. The largest absolute Gasteiger partial charge is 0.476 e. The molecule has 0 aliphatic rings. The van der Waals surface area contributed by atoms with Gasteiger partial charge in [-0.05, 0) is 30.7 Å². The molecular formula is C13H11FN2O2S. The number of hydrogen-bond donors (Lipinski definition) is 2. The lowest BCUT2D eigenvalue weighted by Crippen LogP contribution is -2.05. The molecular weight excluding hydrogens is 267 g/mol. The minimum absolute atomic E-state index is 0.0602. The van der Waals surface area contributed by atoms with Crippen molar-refractivity contribution in [1.82, 2.24) is 4.98 Å². The molecule has 0 amide bonds. The number of aromatic carboxylic acids is 1. The predicted octanol–water partition coefficient (Wildman–Crippen LogP) is 2.96. The molecule has 19 heavy (non-hydrogen) atoms. The van der Waals surface area contributed by atoms with Crippen molar-refractivity contribution < 1.29 is 14.3 Å². The lowest BCUT2D eigenvalue weighted by atomic mass is 10.2. The SMILES string of the molecule is Cc1ccc(Sc2cnc(C(=O)O)c(N)c2)c(F)c1. The van der Waals surface area contributed by atoms with Gasteiger partial charge in [0.05, 0.1) is 5.69 Å². The summed E-state index contributed by atoms with van der Waals surface area (Å²) in [6, 6.07) is 6.37. The van der Waals surface area contributed by atoms with Crippen molar-refractivity contribution in [3.05, 3.63) is 47.5 Å². The maximum atomic E-state index is 13.7. The summed E-state index contributed by atoms with van der Waals surface area (Å²) in [5.74, 6) is -1.51. The van der Waals surface area contributed by atoms with Gasteiger partial charge in [-0.25, -0.2) is 14.2 Å². The van der Waals surface area contributed by atoms with E-state index in [1.165, 1.54) is 18.3 Å². The third kappa shape index (κ3) is 3.03. The fourth-order valence-corrected chi connectivity index (χ4v) is 2.35. The Morgan fingerprint density at radius 1 is 1.42 bits per heavy atom. The number of nitrogens with zero attached hydrogens (tertiary/aromatic N) is 1. The zero-order valence-electron chi connectivity index (χ0n) is 10.1. The Labute approximate surface area is 113 Å². The van der Waals surface area contributed by atoms with Crippen LogP contribution in [0.25, 0.3) is 0 Å². The van der Waals surface area contributed by atoms with Crippen molar-refractivity contribution >= 4 is 23.4 Å². The zero-order valence-corrected chi connectivity index (χ0v) is 10.9. The lowest BCUT2D eigenvalue weighted by Gasteiger charge is -2.06. The number of aryl methyl sites for hydroxylation is 1. The van der Waals surface area contributed by atoms with Crippen LogP contribution in [0, 0.1) is 12.7 Å². The van der Waals surface area contributed by atoms with E-state index in [1.807, 2.05) is 0 Å². The number of carboxylic acids is 1. The van der Waals surface area contributed by atoms with E-state index in [0.29, 0.717) is 9.79 Å². The average Bonchev–Trinajstić information content (AvgIpc) is 2.32. The molecule has 0 atom stereocenters. The molecule has 1 aromatic carbocycles. The van der Waals surface area contributed by atoms with E-state index < -0.39 is 5.97 Å². The number of anilines is 1. The third-order valence-electron chi connectivity index (χ3n) is 2.41. The number of carbonyl (C=O) groups is 1. The maximum Gasteiger partial charge on any atom is 0.356 e. The molecule has 6 heteroatoms. The van der Waals surface area contributed by atoms with Crippen LogP contribution in [0.1, 0.15) is 16.1 Å². The van der Waals surface area contributed by atoms with Gasteiger partial charge in [0.2, 0.25) is 0 Å². The van der Waals surface area contributed by atoms with Gasteiger partial charge in [0.15, 0.2) is 5.69 Å². The minimum atomic E-state index is -1.18. The second kappa shape index (κ2) is 5.27. The van der Waals surface area contributed by atoms with Crippen LogP contribution in [0.15, 0.2) is 40.3 Å². The second-order valence-corrected chi connectivity index (χ2v) is 5.07. The number of nitrogen functional groups attached to an aromatic ring is 1. The van der Waals surface area contributed by atoms with Gasteiger partial charge in [0.1, 0.15) is 5.82 Å². The molecule has 3 N–H and O–H groups in total. The van der Waals surface area contributed by atoms with E-state index in [2.05, 4.69) is 4.98 Å². The summed E-state index contributed by atoms with van der Waals surface area (Å²) >= 11 is 1.15. The predicted molar refractivity (Wildman–Crippen MR) is 70.9 cm³/mol.